The topological polar surface area (TPSA) is 48.3 Å². The molecule has 5 nitrogen and oxygen atoms in total. The Morgan fingerprint density at radius 2 is 1.77 bits per heavy atom. The SMILES string of the molecule is Cc1ccc(C)n1-c1ccsc1-c1cc2nc(-c3ccco3)cc(C(F)(F)F)n2n1. The molecule has 0 saturated heterocycles. The zero-order valence-corrected chi connectivity index (χ0v) is 16.8. The lowest BCUT2D eigenvalue weighted by atomic mass is 10.2. The first-order valence-electron chi connectivity index (χ1n) is 9.08. The maximum atomic E-state index is 13.8. The molecule has 0 spiro atoms. The smallest absolute Gasteiger partial charge is 0.433 e. The Hall–Kier alpha value is -3.33. The predicted molar refractivity (Wildman–Crippen MR) is 108 cm³/mol. The van der Waals surface area contributed by atoms with E-state index in [1.807, 2.05) is 37.4 Å². The van der Waals surface area contributed by atoms with Crippen molar-refractivity contribution in [3.8, 4) is 27.7 Å². The summed E-state index contributed by atoms with van der Waals surface area (Å²) in [6.07, 6.45) is -3.20. The van der Waals surface area contributed by atoms with Crippen LogP contribution in [0.2, 0.25) is 0 Å². The Labute approximate surface area is 173 Å². The second-order valence-electron chi connectivity index (χ2n) is 6.89. The number of hydrogen-bond donors (Lipinski definition) is 0. The molecule has 0 radical (unpaired) electrons. The molecular formula is C21H15F3N4OS. The molecule has 0 amide bonds. The van der Waals surface area contributed by atoms with Gasteiger partial charge in [-0.2, -0.15) is 18.3 Å². The van der Waals surface area contributed by atoms with E-state index < -0.39 is 11.9 Å². The van der Waals surface area contributed by atoms with Crippen molar-refractivity contribution >= 4 is 17.0 Å². The molecule has 0 N–H and O–H groups in total. The quantitative estimate of drug-likeness (QED) is 0.347. The summed E-state index contributed by atoms with van der Waals surface area (Å²) >= 11 is 1.42. The molecule has 0 atom stereocenters. The van der Waals surface area contributed by atoms with Gasteiger partial charge in [-0.25, -0.2) is 9.50 Å². The lowest BCUT2D eigenvalue weighted by Crippen LogP contribution is -2.13. The van der Waals surface area contributed by atoms with E-state index in [0.29, 0.717) is 5.69 Å². The number of rotatable bonds is 3. The van der Waals surface area contributed by atoms with Crippen LogP contribution >= 0.6 is 11.3 Å². The lowest BCUT2D eigenvalue weighted by Gasteiger charge is -2.10. The molecule has 5 aromatic rings. The van der Waals surface area contributed by atoms with E-state index >= 15 is 0 Å². The largest absolute Gasteiger partial charge is 0.463 e. The van der Waals surface area contributed by atoms with Crippen LogP contribution in [0.3, 0.4) is 0 Å². The van der Waals surface area contributed by atoms with Crippen LogP contribution in [0.15, 0.2) is 58.5 Å². The average Bonchev–Trinajstić information content (AvgIpc) is 3.46. The molecule has 9 heteroatoms. The molecular weight excluding hydrogens is 413 g/mol. The van der Waals surface area contributed by atoms with Crippen LogP contribution < -0.4 is 0 Å². The third-order valence-electron chi connectivity index (χ3n) is 4.88. The number of alkyl halides is 3. The standard InChI is InChI=1S/C21H15F3N4OS/c1-12-5-6-13(2)27(12)16-7-9-30-20(16)15-11-19-25-14(17-4-3-8-29-17)10-18(21(22,23)24)28(19)26-15/h3-11H,1-2H3. The summed E-state index contributed by atoms with van der Waals surface area (Å²) in [5.74, 6) is 0.265. The van der Waals surface area contributed by atoms with Gasteiger partial charge in [0.25, 0.3) is 0 Å². The minimum atomic E-state index is -4.60. The van der Waals surface area contributed by atoms with Gasteiger partial charge in [0, 0.05) is 17.5 Å². The number of thiophene rings is 1. The minimum absolute atomic E-state index is 0.103. The van der Waals surface area contributed by atoms with Gasteiger partial charge in [-0.15, -0.1) is 11.3 Å². The minimum Gasteiger partial charge on any atom is -0.463 e. The van der Waals surface area contributed by atoms with Crippen LogP contribution in [-0.2, 0) is 6.18 Å². The summed E-state index contributed by atoms with van der Waals surface area (Å²) in [5, 5.41) is 6.18. The summed E-state index contributed by atoms with van der Waals surface area (Å²) < 4.78 is 49.5. The van der Waals surface area contributed by atoms with E-state index in [2.05, 4.69) is 14.6 Å². The zero-order valence-electron chi connectivity index (χ0n) is 15.9. The fraction of sp³-hybridized carbons (Fsp3) is 0.143. The van der Waals surface area contributed by atoms with E-state index in [4.69, 9.17) is 4.42 Å². The van der Waals surface area contributed by atoms with Crippen LogP contribution in [-0.4, -0.2) is 19.2 Å². The van der Waals surface area contributed by atoms with Crippen LogP contribution in [0.25, 0.3) is 33.4 Å². The van der Waals surface area contributed by atoms with Gasteiger partial charge >= 0.3 is 6.18 Å². The monoisotopic (exact) mass is 428 g/mol. The highest BCUT2D eigenvalue weighted by Crippen LogP contribution is 2.37. The molecule has 5 rings (SSSR count). The highest BCUT2D eigenvalue weighted by atomic mass is 32.1. The molecule has 152 valence electrons. The third kappa shape index (κ3) is 2.93. The maximum Gasteiger partial charge on any atom is 0.433 e. The molecule has 5 heterocycles. The highest BCUT2D eigenvalue weighted by Gasteiger charge is 2.36. The van der Waals surface area contributed by atoms with Gasteiger partial charge in [0.1, 0.15) is 11.4 Å². The molecule has 0 aliphatic rings. The van der Waals surface area contributed by atoms with E-state index in [1.165, 1.54) is 17.6 Å². The van der Waals surface area contributed by atoms with Gasteiger partial charge in [0.2, 0.25) is 0 Å². The Morgan fingerprint density at radius 1 is 1.00 bits per heavy atom. The lowest BCUT2D eigenvalue weighted by molar-refractivity contribution is -0.142. The van der Waals surface area contributed by atoms with Crippen molar-refractivity contribution in [1.29, 1.82) is 0 Å². The molecule has 0 aliphatic heterocycles. The number of nitrogens with zero attached hydrogens (tertiary/aromatic N) is 4. The molecule has 0 unspecified atom stereocenters. The van der Waals surface area contributed by atoms with Crippen LogP contribution in [0.4, 0.5) is 13.2 Å². The van der Waals surface area contributed by atoms with Crippen molar-refractivity contribution in [2.45, 2.75) is 20.0 Å². The summed E-state index contributed by atoms with van der Waals surface area (Å²) in [6.45, 7) is 3.97. The van der Waals surface area contributed by atoms with Gasteiger partial charge in [-0.1, -0.05) is 0 Å². The van der Waals surface area contributed by atoms with Gasteiger partial charge in [-0.05, 0) is 55.6 Å². The van der Waals surface area contributed by atoms with Crippen molar-refractivity contribution in [2.24, 2.45) is 0 Å². The van der Waals surface area contributed by atoms with Crippen molar-refractivity contribution in [3.05, 3.63) is 71.2 Å². The number of furan rings is 1. The van der Waals surface area contributed by atoms with Crippen LogP contribution in [0, 0.1) is 13.8 Å². The predicted octanol–water partition coefficient (Wildman–Crippen LogP) is 6.14. The van der Waals surface area contributed by atoms with Gasteiger partial charge in [0.05, 0.1) is 16.8 Å². The summed E-state index contributed by atoms with van der Waals surface area (Å²) in [5.41, 5.74) is 2.68. The molecule has 0 aromatic carbocycles. The molecule has 5 aromatic heterocycles. The molecule has 0 aliphatic carbocycles. The number of hydrogen-bond acceptors (Lipinski definition) is 4. The van der Waals surface area contributed by atoms with Crippen molar-refractivity contribution < 1.29 is 17.6 Å². The van der Waals surface area contributed by atoms with E-state index in [0.717, 1.165) is 32.5 Å². The Bertz CT molecular complexity index is 1340. The van der Waals surface area contributed by atoms with E-state index in [-0.39, 0.29) is 17.1 Å². The first-order valence-corrected chi connectivity index (χ1v) is 9.96. The van der Waals surface area contributed by atoms with Gasteiger partial charge in [0.15, 0.2) is 17.1 Å². The zero-order chi connectivity index (χ0) is 21.0. The number of aromatic nitrogens is 4. The van der Waals surface area contributed by atoms with Crippen molar-refractivity contribution in [1.82, 2.24) is 19.2 Å². The normalized spacial score (nSPS) is 12.2. The Kier molecular flexibility index (Phi) is 4.11. The maximum absolute atomic E-state index is 13.8. The number of fused-ring (bicyclic) bond motifs is 1. The molecule has 0 fully saturated rings. The fourth-order valence-corrected chi connectivity index (χ4v) is 4.39. The summed E-state index contributed by atoms with van der Waals surface area (Å²) in [4.78, 5) is 5.13. The van der Waals surface area contributed by atoms with Crippen LogP contribution in [0.1, 0.15) is 17.1 Å². The van der Waals surface area contributed by atoms with Crippen molar-refractivity contribution in [2.75, 3.05) is 0 Å². The van der Waals surface area contributed by atoms with Gasteiger partial charge < -0.3 is 8.98 Å². The highest BCUT2D eigenvalue weighted by molar-refractivity contribution is 7.14. The second kappa shape index (κ2) is 6.60. The summed E-state index contributed by atoms with van der Waals surface area (Å²) in [7, 11) is 0. The number of aryl methyl sites for hydroxylation is 2. The fourth-order valence-electron chi connectivity index (χ4n) is 3.56. The first kappa shape index (κ1) is 18.7. The molecule has 30 heavy (non-hydrogen) atoms. The molecule has 0 bridgehead atoms. The van der Waals surface area contributed by atoms with Crippen LogP contribution in [0.5, 0.6) is 0 Å². The Balaban J connectivity index is 1.73. The number of halogens is 3. The van der Waals surface area contributed by atoms with E-state index in [1.54, 1.807) is 18.2 Å². The summed E-state index contributed by atoms with van der Waals surface area (Å²) in [6, 6.07) is 11.7. The van der Waals surface area contributed by atoms with Gasteiger partial charge in [-0.3, -0.25) is 0 Å². The second-order valence-corrected chi connectivity index (χ2v) is 7.80. The van der Waals surface area contributed by atoms with Crippen molar-refractivity contribution in [3.63, 3.8) is 0 Å². The first-order chi connectivity index (χ1) is 14.3. The molecule has 0 saturated carbocycles. The average molecular weight is 428 g/mol. The Morgan fingerprint density at radius 3 is 2.43 bits per heavy atom. The third-order valence-corrected chi connectivity index (χ3v) is 5.81. The van der Waals surface area contributed by atoms with E-state index in [9.17, 15) is 13.2 Å².